The molecule has 1 aromatic rings. The average molecular weight is 266 g/mol. The summed E-state index contributed by atoms with van der Waals surface area (Å²) in [4.78, 5) is 13.9. The zero-order valence-corrected chi connectivity index (χ0v) is 10.7. The van der Waals surface area contributed by atoms with Crippen molar-refractivity contribution in [3.8, 4) is 11.5 Å². The summed E-state index contributed by atoms with van der Waals surface area (Å²) in [5, 5.41) is 18.8. The fraction of sp³-hybridized carbons (Fsp3) is 0.462. The van der Waals surface area contributed by atoms with Gasteiger partial charge in [0.25, 0.3) is 5.91 Å². The van der Waals surface area contributed by atoms with Crippen molar-refractivity contribution in [2.24, 2.45) is 5.73 Å². The third-order valence-corrected chi connectivity index (χ3v) is 3.03. The first-order valence-electron chi connectivity index (χ1n) is 6.17. The van der Waals surface area contributed by atoms with Crippen LogP contribution in [0.4, 0.5) is 0 Å². The zero-order chi connectivity index (χ0) is 14.0. The first-order valence-corrected chi connectivity index (χ1v) is 6.17. The van der Waals surface area contributed by atoms with Gasteiger partial charge in [-0.15, -0.1) is 0 Å². The Labute approximate surface area is 111 Å². The van der Waals surface area contributed by atoms with E-state index in [0.29, 0.717) is 19.6 Å². The molecule has 0 radical (unpaired) electrons. The molecule has 1 amide bonds. The highest BCUT2D eigenvalue weighted by atomic mass is 16.5. The molecule has 6 heteroatoms. The maximum absolute atomic E-state index is 12.3. The van der Waals surface area contributed by atoms with Gasteiger partial charge in [-0.2, -0.15) is 0 Å². The summed E-state index contributed by atoms with van der Waals surface area (Å²) in [5.74, 6) is -0.528. The number of rotatable bonds is 2. The minimum atomic E-state index is -0.250. The van der Waals surface area contributed by atoms with Crippen molar-refractivity contribution in [1.82, 2.24) is 4.90 Å². The third-order valence-electron chi connectivity index (χ3n) is 3.03. The Morgan fingerprint density at radius 2 is 2.00 bits per heavy atom. The minimum absolute atomic E-state index is 0.0860. The van der Waals surface area contributed by atoms with E-state index >= 15 is 0 Å². The van der Waals surface area contributed by atoms with Gasteiger partial charge < -0.3 is 25.6 Å². The van der Waals surface area contributed by atoms with Gasteiger partial charge in [-0.3, -0.25) is 4.79 Å². The molecule has 1 fully saturated rings. The number of phenols is 2. The summed E-state index contributed by atoms with van der Waals surface area (Å²) in [6.45, 7) is 3.10. The standard InChI is InChI=1S/C13H18N2O4/c1-8-6-15(7-12(5-14)19-8)13(18)9-2-10(16)4-11(17)3-9/h2-4,8,12,16-17H,5-7,14H2,1H3. The second-order valence-electron chi connectivity index (χ2n) is 4.75. The molecule has 0 bridgehead atoms. The van der Waals surface area contributed by atoms with E-state index in [-0.39, 0.29) is 35.2 Å². The lowest BCUT2D eigenvalue weighted by Gasteiger charge is -2.36. The molecule has 1 aromatic carbocycles. The number of carbonyl (C=O) groups is 1. The van der Waals surface area contributed by atoms with Gasteiger partial charge in [0, 0.05) is 31.3 Å². The van der Waals surface area contributed by atoms with E-state index in [2.05, 4.69) is 0 Å². The van der Waals surface area contributed by atoms with E-state index in [1.807, 2.05) is 6.92 Å². The third kappa shape index (κ3) is 3.15. The number of hydrogen-bond acceptors (Lipinski definition) is 5. The summed E-state index contributed by atoms with van der Waals surface area (Å²) in [6.07, 6.45) is -0.268. The maximum atomic E-state index is 12.3. The SMILES string of the molecule is CC1CN(C(=O)c2cc(O)cc(O)c2)CC(CN)O1. The number of phenolic OH excluding ortho intramolecular Hbond substituents is 2. The molecular formula is C13H18N2O4. The minimum Gasteiger partial charge on any atom is -0.508 e. The van der Waals surface area contributed by atoms with Crippen molar-refractivity contribution in [2.75, 3.05) is 19.6 Å². The molecule has 2 rings (SSSR count). The van der Waals surface area contributed by atoms with Crippen LogP contribution in [0.1, 0.15) is 17.3 Å². The van der Waals surface area contributed by atoms with Gasteiger partial charge >= 0.3 is 0 Å². The van der Waals surface area contributed by atoms with Gasteiger partial charge in [0.05, 0.1) is 12.2 Å². The summed E-state index contributed by atoms with van der Waals surface area (Å²) >= 11 is 0. The van der Waals surface area contributed by atoms with Crippen LogP contribution in [0, 0.1) is 0 Å². The lowest BCUT2D eigenvalue weighted by molar-refractivity contribution is -0.0625. The fourth-order valence-electron chi connectivity index (χ4n) is 2.24. The fourth-order valence-corrected chi connectivity index (χ4v) is 2.24. The largest absolute Gasteiger partial charge is 0.508 e. The Hall–Kier alpha value is -1.79. The monoisotopic (exact) mass is 266 g/mol. The molecule has 4 N–H and O–H groups in total. The molecule has 1 heterocycles. The van der Waals surface area contributed by atoms with Crippen molar-refractivity contribution in [1.29, 1.82) is 0 Å². The molecule has 19 heavy (non-hydrogen) atoms. The molecule has 0 saturated carbocycles. The average Bonchev–Trinajstić information content (AvgIpc) is 2.35. The van der Waals surface area contributed by atoms with Crippen molar-refractivity contribution in [2.45, 2.75) is 19.1 Å². The molecule has 1 aliphatic rings. The van der Waals surface area contributed by atoms with Gasteiger partial charge in [0.1, 0.15) is 11.5 Å². The number of benzene rings is 1. The normalized spacial score (nSPS) is 23.4. The molecule has 2 atom stereocenters. The highest BCUT2D eigenvalue weighted by molar-refractivity contribution is 5.95. The number of morpholine rings is 1. The van der Waals surface area contributed by atoms with E-state index < -0.39 is 0 Å². The van der Waals surface area contributed by atoms with Crippen molar-refractivity contribution in [3.63, 3.8) is 0 Å². The number of carbonyl (C=O) groups excluding carboxylic acids is 1. The lowest BCUT2D eigenvalue weighted by atomic mass is 10.1. The molecule has 0 spiro atoms. The van der Waals surface area contributed by atoms with E-state index in [1.165, 1.54) is 18.2 Å². The molecule has 1 aliphatic heterocycles. The highest BCUT2D eigenvalue weighted by Gasteiger charge is 2.28. The van der Waals surface area contributed by atoms with Gasteiger partial charge in [-0.1, -0.05) is 0 Å². The Balaban J connectivity index is 2.18. The van der Waals surface area contributed by atoms with Crippen LogP contribution in [0.5, 0.6) is 11.5 Å². The predicted octanol–water partition coefficient (Wildman–Crippen LogP) is 0.286. The first-order chi connectivity index (χ1) is 8.99. The molecule has 104 valence electrons. The van der Waals surface area contributed by atoms with Crippen LogP contribution in [0.2, 0.25) is 0 Å². The topological polar surface area (TPSA) is 96.0 Å². The van der Waals surface area contributed by atoms with Gasteiger partial charge in [-0.05, 0) is 19.1 Å². The lowest BCUT2D eigenvalue weighted by Crippen LogP contribution is -2.51. The molecular weight excluding hydrogens is 248 g/mol. The molecule has 6 nitrogen and oxygen atoms in total. The first kappa shape index (κ1) is 13.6. The quantitative estimate of drug-likeness (QED) is 0.715. The second kappa shape index (κ2) is 5.46. The summed E-state index contributed by atoms with van der Waals surface area (Å²) in [6, 6.07) is 3.85. The molecule has 0 aromatic heterocycles. The maximum Gasteiger partial charge on any atom is 0.254 e. The molecule has 0 aliphatic carbocycles. The summed E-state index contributed by atoms with van der Waals surface area (Å²) in [5.41, 5.74) is 5.82. The number of hydrogen-bond donors (Lipinski definition) is 3. The Bertz CT molecular complexity index is 457. The smallest absolute Gasteiger partial charge is 0.254 e. The highest BCUT2D eigenvalue weighted by Crippen LogP contribution is 2.22. The second-order valence-corrected chi connectivity index (χ2v) is 4.75. The van der Waals surface area contributed by atoms with Crippen LogP contribution in [-0.2, 0) is 4.74 Å². The Morgan fingerprint density at radius 3 is 2.58 bits per heavy atom. The summed E-state index contributed by atoms with van der Waals surface area (Å²) < 4.78 is 5.58. The number of nitrogens with zero attached hydrogens (tertiary/aromatic N) is 1. The molecule has 1 saturated heterocycles. The van der Waals surface area contributed by atoms with E-state index in [0.717, 1.165) is 0 Å². The number of amides is 1. The van der Waals surface area contributed by atoms with E-state index in [4.69, 9.17) is 10.5 Å². The number of ether oxygens (including phenoxy) is 1. The van der Waals surface area contributed by atoms with Crippen LogP contribution in [-0.4, -0.2) is 52.9 Å². The summed E-state index contributed by atoms with van der Waals surface area (Å²) in [7, 11) is 0. The zero-order valence-electron chi connectivity index (χ0n) is 10.7. The van der Waals surface area contributed by atoms with Gasteiger partial charge in [0.2, 0.25) is 0 Å². The van der Waals surface area contributed by atoms with Crippen LogP contribution >= 0.6 is 0 Å². The van der Waals surface area contributed by atoms with Crippen molar-refractivity contribution in [3.05, 3.63) is 23.8 Å². The number of nitrogens with two attached hydrogens (primary N) is 1. The van der Waals surface area contributed by atoms with Gasteiger partial charge in [-0.25, -0.2) is 0 Å². The van der Waals surface area contributed by atoms with Crippen LogP contribution in [0.25, 0.3) is 0 Å². The van der Waals surface area contributed by atoms with Crippen LogP contribution in [0.15, 0.2) is 18.2 Å². The predicted molar refractivity (Wildman–Crippen MR) is 69.1 cm³/mol. The van der Waals surface area contributed by atoms with E-state index in [9.17, 15) is 15.0 Å². The van der Waals surface area contributed by atoms with Crippen LogP contribution < -0.4 is 5.73 Å². The Morgan fingerprint density at radius 1 is 1.37 bits per heavy atom. The van der Waals surface area contributed by atoms with Crippen molar-refractivity contribution < 1.29 is 19.7 Å². The Kier molecular flexibility index (Phi) is 3.92. The van der Waals surface area contributed by atoms with E-state index in [1.54, 1.807) is 4.90 Å². The molecule has 2 unspecified atom stereocenters. The van der Waals surface area contributed by atoms with Crippen LogP contribution in [0.3, 0.4) is 0 Å². The van der Waals surface area contributed by atoms with Crippen molar-refractivity contribution >= 4 is 5.91 Å². The number of aromatic hydroxyl groups is 2. The van der Waals surface area contributed by atoms with Gasteiger partial charge in [0.15, 0.2) is 0 Å².